The molecule has 0 aliphatic carbocycles. The maximum absolute atomic E-state index is 12.0. The van der Waals surface area contributed by atoms with Gasteiger partial charge in [0.1, 0.15) is 0 Å². The van der Waals surface area contributed by atoms with Crippen molar-refractivity contribution in [3.05, 3.63) is 0 Å². The first-order chi connectivity index (χ1) is 7.97. The topological polar surface area (TPSA) is 75.4 Å². The molecule has 1 fully saturated rings. The molecule has 2 atom stereocenters. The third-order valence-electron chi connectivity index (χ3n) is 3.15. The van der Waals surface area contributed by atoms with Crippen LogP contribution in [0.15, 0.2) is 0 Å². The molecule has 96 valence electrons. The maximum Gasteiger partial charge on any atom is 0.232 e. The molecule has 1 aliphatic heterocycles. The number of thiocarbonyl (C=S) groups is 1. The van der Waals surface area contributed by atoms with E-state index in [1.54, 1.807) is 18.9 Å². The summed E-state index contributed by atoms with van der Waals surface area (Å²) in [5.74, 6) is -0.652. The van der Waals surface area contributed by atoms with Crippen molar-refractivity contribution in [3.63, 3.8) is 0 Å². The summed E-state index contributed by atoms with van der Waals surface area (Å²) in [7, 11) is 1.61. The molecular weight excluding hydrogens is 238 g/mol. The predicted octanol–water partition coefficient (Wildman–Crippen LogP) is -0.107. The SMILES string of the molecule is CNC(=O)C1CCCN(C(=O)C(C)C(N)=S)C1. The number of nitrogens with one attached hydrogen (secondary N) is 1. The van der Waals surface area contributed by atoms with Crippen molar-refractivity contribution >= 4 is 29.0 Å². The molecule has 0 aromatic heterocycles. The van der Waals surface area contributed by atoms with Gasteiger partial charge in [-0.05, 0) is 19.8 Å². The van der Waals surface area contributed by atoms with Crippen LogP contribution in [0.3, 0.4) is 0 Å². The average Bonchev–Trinajstić information content (AvgIpc) is 2.36. The van der Waals surface area contributed by atoms with Gasteiger partial charge in [0.25, 0.3) is 0 Å². The molecule has 17 heavy (non-hydrogen) atoms. The second-order valence-electron chi connectivity index (χ2n) is 4.36. The Morgan fingerprint density at radius 1 is 1.53 bits per heavy atom. The second-order valence-corrected chi connectivity index (χ2v) is 4.83. The van der Waals surface area contributed by atoms with Crippen LogP contribution in [0.1, 0.15) is 19.8 Å². The molecule has 0 aromatic carbocycles. The number of amides is 2. The smallest absolute Gasteiger partial charge is 0.232 e. The quantitative estimate of drug-likeness (QED) is 0.692. The summed E-state index contributed by atoms with van der Waals surface area (Å²) < 4.78 is 0. The molecule has 2 unspecified atom stereocenters. The van der Waals surface area contributed by atoms with E-state index in [0.717, 1.165) is 12.8 Å². The van der Waals surface area contributed by atoms with Crippen molar-refractivity contribution in [3.8, 4) is 0 Å². The van der Waals surface area contributed by atoms with Crippen LogP contribution in [0.2, 0.25) is 0 Å². The van der Waals surface area contributed by atoms with Crippen molar-refractivity contribution in [2.45, 2.75) is 19.8 Å². The van der Waals surface area contributed by atoms with Gasteiger partial charge in [-0.3, -0.25) is 9.59 Å². The highest BCUT2D eigenvalue weighted by atomic mass is 32.1. The maximum atomic E-state index is 12.0. The van der Waals surface area contributed by atoms with Gasteiger partial charge < -0.3 is 16.0 Å². The first-order valence-electron chi connectivity index (χ1n) is 5.77. The van der Waals surface area contributed by atoms with E-state index in [4.69, 9.17) is 18.0 Å². The van der Waals surface area contributed by atoms with Crippen LogP contribution < -0.4 is 11.1 Å². The van der Waals surface area contributed by atoms with Gasteiger partial charge in [-0.2, -0.15) is 0 Å². The first kappa shape index (κ1) is 13.9. The van der Waals surface area contributed by atoms with E-state index in [2.05, 4.69) is 5.32 Å². The van der Waals surface area contributed by atoms with E-state index in [9.17, 15) is 9.59 Å². The van der Waals surface area contributed by atoms with Crippen molar-refractivity contribution in [1.29, 1.82) is 0 Å². The zero-order chi connectivity index (χ0) is 13.0. The lowest BCUT2D eigenvalue weighted by Crippen LogP contribution is -2.48. The van der Waals surface area contributed by atoms with Crippen LogP contribution in [0.5, 0.6) is 0 Å². The summed E-state index contributed by atoms with van der Waals surface area (Å²) in [6.07, 6.45) is 1.67. The number of piperidine rings is 1. The Balaban J connectivity index is 2.63. The normalized spacial score (nSPS) is 21.8. The molecule has 3 N–H and O–H groups in total. The highest BCUT2D eigenvalue weighted by molar-refractivity contribution is 7.80. The number of hydrogen-bond acceptors (Lipinski definition) is 3. The minimum absolute atomic E-state index is 0.00882. The summed E-state index contributed by atoms with van der Waals surface area (Å²) >= 11 is 4.82. The fraction of sp³-hybridized carbons (Fsp3) is 0.727. The molecular formula is C11H19N3O2S. The lowest BCUT2D eigenvalue weighted by atomic mass is 9.96. The van der Waals surface area contributed by atoms with Gasteiger partial charge in [-0.1, -0.05) is 12.2 Å². The summed E-state index contributed by atoms with van der Waals surface area (Å²) in [6, 6.07) is 0. The highest BCUT2D eigenvalue weighted by Crippen LogP contribution is 2.18. The number of nitrogens with zero attached hydrogens (tertiary/aromatic N) is 1. The van der Waals surface area contributed by atoms with Crippen molar-refractivity contribution in [2.24, 2.45) is 17.6 Å². The van der Waals surface area contributed by atoms with Crippen molar-refractivity contribution in [1.82, 2.24) is 10.2 Å². The highest BCUT2D eigenvalue weighted by Gasteiger charge is 2.30. The van der Waals surface area contributed by atoms with E-state index in [0.29, 0.717) is 13.1 Å². The number of likely N-dealkylation sites (tertiary alicyclic amines) is 1. The average molecular weight is 257 g/mol. The largest absolute Gasteiger partial charge is 0.393 e. The summed E-state index contributed by atoms with van der Waals surface area (Å²) in [4.78, 5) is 25.5. The molecule has 1 rings (SSSR count). The second kappa shape index (κ2) is 5.95. The Morgan fingerprint density at radius 3 is 2.71 bits per heavy atom. The zero-order valence-corrected chi connectivity index (χ0v) is 11.0. The lowest BCUT2D eigenvalue weighted by Gasteiger charge is -2.33. The molecule has 0 bridgehead atoms. The van der Waals surface area contributed by atoms with E-state index in [1.807, 2.05) is 0 Å². The zero-order valence-electron chi connectivity index (χ0n) is 10.2. The third-order valence-corrected chi connectivity index (χ3v) is 3.50. The number of carbonyl (C=O) groups excluding carboxylic acids is 2. The third kappa shape index (κ3) is 3.39. The van der Waals surface area contributed by atoms with Gasteiger partial charge in [0.05, 0.1) is 16.8 Å². The van der Waals surface area contributed by atoms with Gasteiger partial charge in [0.15, 0.2) is 0 Å². The molecule has 0 radical (unpaired) electrons. The van der Waals surface area contributed by atoms with Crippen LogP contribution in [0.25, 0.3) is 0 Å². The molecule has 0 spiro atoms. The standard InChI is InChI=1S/C11H19N3O2S/c1-7(9(12)17)11(16)14-5-3-4-8(6-14)10(15)13-2/h7-8H,3-6H2,1-2H3,(H2,12,17)(H,13,15). The molecule has 0 aromatic rings. The Kier molecular flexibility index (Phi) is 4.86. The van der Waals surface area contributed by atoms with Gasteiger partial charge >= 0.3 is 0 Å². The monoisotopic (exact) mass is 257 g/mol. The molecule has 1 aliphatic rings. The molecule has 5 nitrogen and oxygen atoms in total. The first-order valence-corrected chi connectivity index (χ1v) is 6.18. The fourth-order valence-corrected chi connectivity index (χ4v) is 2.09. The molecule has 6 heteroatoms. The number of hydrogen-bond donors (Lipinski definition) is 2. The summed E-state index contributed by atoms with van der Waals surface area (Å²) in [6.45, 7) is 2.85. The van der Waals surface area contributed by atoms with Gasteiger partial charge in [0.2, 0.25) is 11.8 Å². The van der Waals surface area contributed by atoms with Crippen molar-refractivity contribution in [2.75, 3.05) is 20.1 Å². The van der Waals surface area contributed by atoms with E-state index >= 15 is 0 Å². The van der Waals surface area contributed by atoms with Crippen LogP contribution in [-0.4, -0.2) is 41.8 Å². The minimum atomic E-state index is -0.451. The van der Waals surface area contributed by atoms with Crippen LogP contribution in [0.4, 0.5) is 0 Å². The Bertz CT molecular complexity index is 333. The summed E-state index contributed by atoms with van der Waals surface area (Å²) in [5, 5.41) is 2.62. The van der Waals surface area contributed by atoms with Crippen LogP contribution in [0, 0.1) is 11.8 Å². The predicted molar refractivity (Wildman–Crippen MR) is 69.3 cm³/mol. The number of nitrogens with two attached hydrogens (primary N) is 1. The molecule has 1 heterocycles. The van der Waals surface area contributed by atoms with Crippen LogP contribution >= 0.6 is 12.2 Å². The van der Waals surface area contributed by atoms with Gasteiger partial charge in [0, 0.05) is 20.1 Å². The van der Waals surface area contributed by atoms with E-state index < -0.39 is 5.92 Å². The van der Waals surface area contributed by atoms with Crippen molar-refractivity contribution < 1.29 is 9.59 Å². The van der Waals surface area contributed by atoms with Gasteiger partial charge in [-0.25, -0.2) is 0 Å². The van der Waals surface area contributed by atoms with E-state index in [-0.39, 0.29) is 22.7 Å². The Morgan fingerprint density at radius 2 is 2.18 bits per heavy atom. The van der Waals surface area contributed by atoms with Gasteiger partial charge in [-0.15, -0.1) is 0 Å². The Labute approximate surface area is 107 Å². The fourth-order valence-electron chi connectivity index (χ4n) is 1.99. The molecule has 1 saturated heterocycles. The summed E-state index contributed by atoms with van der Waals surface area (Å²) in [5.41, 5.74) is 5.47. The number of carbonyl (C=O) groups is 2. The Hall–Kier alpha value is -1.17. The molecule has 0 saturated carbocycles. The molecule has 2 amide bonds. The number of rotatable bonds is 3. The lowest BCUT2D eigenvalue weighted by molar-refractivity contribution is -0.136. The van der Waals surface area contributed by atoms with E-state index in [1.165, 1.54) is 0 Å². The minimum Gasteiger partial charge on any atom is -0.393 e. The van der Waals surface area contributed by atoms with Crippen LogP contribution in [-0.2, 0) is 9.59 Å².